The van der Waals surface area contributed by atoms with E-state index >= 15 is 0 Å². The van der Waals surface area contributed by atoms with E-state index in [0.717, 1.165) is 35.8 Å². The molecule has 0 N–H and O–H groups in total. The van der Waals surface area contributed by atoms with E-state index in [4.69, 9.17) is 4.74 Å². The number of hydrogen-bond donors (Lipinski definition) is 0. The molecule has 1 saturated heterocycles. The van der Waals surface area contributed by atoms with Crippen LogP contribution in [0.1, 0.15) is 31.9 Å². The summed E-state index contributed by atoms with van der Waals surface area (Å²) in [5.41, 5.74) is 0.843. The van der Waals surface area contributed by atoms with Crippen molar-refractivity contribution < 1.29 is 9.53 Å². The first-order valence-electron chi connectivity index (χ1n) is 7.11. The summed E-state index contributed by atoms with van der Waals surface area (Å²) in [6.45, 7) is 4.56. The van der Waals surface area contributed by atoms with E-state index in [1.54, 1.807) is 11.3 Å². The van der Waals surface area contributed by atoms with E-state index in [2.05, 4.69) is 9.88 Å². The highest BCUT2D eigenvalue weighted by atomic mass is 32.1. The first-order valence-corrected chi connectivity index (χ1v) is 7.99. The highest BCUT2D eigenvalue weighted by molar-refractivity contribution is 7.13. The van der Waals surface area contributed by atoms with Gasteiger partial charge in [0.1, 0.15) is 0 Å². The fourth-order valence-corrected chi connectivity index (χ4v) is 4.12. The molecule has 1 aromatic heterocycles. The number of ether oxygens (including phenoxy) is 1. The Morgan fingerprint density at radius 2 is 2.21 bits per heavy atom. The summed E-state index contributed by atoms with van der Waals surface area (Å²) < 4.78 is 4.95. The van der Waals surface area contributed by atoms with Crippen molar-refractivity contribution in [1.82, 2.24) is 4.98 Å². The maximum Gasteiger partial charge on any atom is 0.311 e. The average Bonchev–Trinajstić information content (AvgIpc) is 3.01. The van der Waals surface area contributed by atoms with Crippen LogP contribution in [0.15, 0.2) is 5.38 Å². The topological polar surface area (TPSA) is 42.4 Å². The zero-order chi connectivity index (χ0) is 13.2. The van der Waals surface area contributed by atoms with Crippen molar-refractivity contribution in [2.24, 2.45) is 11.8 Å². The van der Waals surface area contributed by atoms with E-state index in [1.165, 1.54) is 19.3 Å². The zero-order valence-corrected chi connectivity index (χ0v) is 12.1. The largest absolute Gasteiger partial charge is 0.466 e. The number of nitrogens with zero attached hydrogens (tertiary/aromatic N) is 2. The van der Waals surface area contributed by atoms with Crippen LogP contribution in [0.4, 0.5) is 5.13 Å². The minimum absolute atomic E-state index is 0.183. The molecule has 0 radical (unpaired) electrons. The first-order chi connectivity index (χ1) is 9.26. The first kappa shape index (κ1) is 12.9. The van der Waals surface area contributed by atoms with Crippen molar-refractivity contribution in [2.75, 3.05) is 24.6 Å². The minimum atomic E-state index is -0.183. The Bertz CT molecular complexity index is 448. The summed E-state index contributed by atoms with van der Waals surface area (Å²) in [4.78, 5) is 18.4. The van der Waals surface area contributed by atoms with Gasteiger partial charge in [0.05, 0.1) is 18.7 Å². The van der Waals surface area contributed by atoms with E-state index in [-0.39, 0.29) is 5.97 Å². The molecule has 1 aliphatic carbocycles. The smallest absolute Gasteiger partial charge is 0.311 e. The lowest BCUT2D eigenvalue weighted by Crippen LogP contribution is -2.20. The average molecular weight is 280 g/mol. The van der Waals surface area contributed by atoms with E-state index in [0.29, 0.717) is 13.0 Å². The molecular formula is C14H20N2O2S. The Labute approximate surface area is 117 Å². The van der Waals surface area contributed by atoms with Gasteiger partial charge in [-0.1, -0.05) is 6.42 Å². The second-order valence-corrected chi connectivity index (χ2v) is 6.30. The lowest BCUT2D eigenvalue weighted by molar-refractivity contribution is -0.142. The molecule has 2 aliphatic rings. The molecule has 3 rings (SSSR count). The van der Waals surface area contributed by atoms with Gasteiger partial charge in [0, 0.05) is 18.5 Å². The molecule has 19 heavy (non-hydrogen) atoms. The number of thiazole rings is 1. The van der Waals surface area contributed by atoms with Gasteiger partial charge in [-0.3, -0.25) is 4.79 Å². The predicted octanol–water partition coefficient (Wildman–Crippen LogP) is 2.49. The van der Waals surface area contributed by atoms with E-state index in [1.807, 2.05) is 12.3 Å². The monoisotopic (exact) mass is 280 g/mol. The highest BCUT2D eigenvalue weighted by Crippen LogP contribution is 2.40. The third-order valence-corrected chi connectivity index (χ3v) is 5.12. The summed E-state index contributed by atoms with van der Waals surface area (Å²) in [5, 5.41) is 3.06. The van der Waals surface area contributed by atoms with Gasteiger partial charge >= 0.3 is 5.97 Å². The van der Waals surface area contributed by atoms with Gasteiger partial charge in [-0.25, -0.2) is 4.98 Å². The summed E-state index contributed by atoms with van der Waals surface area (Å²) >= 11 is 1.65. The molecule has 104 valence electrons. The van der Waals surface area contributed by atoms with Crippen molar-refractivity contribution in [3.8, 4) is 0 Å². The fraction of sp³-hybridized carbons (Fsp3) is 0.714. The van der Waals surface area contributed by atoms with Gasteiger partial charge in [-0.2, -0.15) is 0 Å². The molecule has 2 unspecified atom stereocenters. The van der Waals surface area contributed by atoms with Gasteiger partial charge in [0.2, 0.25) is 0 Å². The fourth-order valence-electron chi connectivity index (χ4n) is 3.27. The molecule has 5 heteroatoms. The van der Waals surface area contributed by atoms with Crippen LogP contribution >= 0.6 is 11.3 Å². The lowest BCUT2D eigenvalue weighted by atomic mass is 10.0. The Morgan fingerprint density at radius 1 is 1.47 bits per heavy atom. The highest BCUT2D eigenvalue weighted by Gasteiger charge is 2.36. The molecule has 0 aromatic carbocycles. The van der Waals surface area contributed by atoms with Crippen molar-refractivity contribution >= 4 is 22.4 Å². The molecule has 4 nitrogen and oxygen atoms in total. The lowest BCUT2D eigenvalue weighted by Gasteiger charge is -2.15. The van der Waals surface area contributed by atoms with Gasteiger partial charge in [-0.15, -0.1) is 11.3 Å². The maximum atomic E-state index is 11.4. The molecule has 2 fully saturated rings. The van der Waals surface area contributed by atoms with Gasteiger partial charge in [-0.05, 0) is 31.6 Å². The molecular weight excluding hydrogens is 260 g/mol. The van der Waals surface area contributed by atoms with Crippen LogP contribution < -0.4 is 4.90 Å². The molecule has 2 atom stereocenters. The number of anilines is 1. The van der Waals surface area contributed by atoms with Crippen LogP contribution in [0.5, 0.6) is 0 Å². The van der Waals surface area contributed by atoms with Crippen LogP contribution in [-0.4, -0.2) is 30.6 Å². The Kier molecular flexibility index (Phi) is 3.73. The van der Waals surface area contributed by atoms with Gasteiger partial charge < -0.3 is 9.64 Å². The summed E-state index contributed by atoms with van der Waals surface area (Å²) in [6, 6.07) is 0. The van der Waals surface area contributed by atoms with E-state index < -0.39 is 0 Å². The van der Waals surface area contributed by atoms with Crippen LogP contribution in [-0.2, 0) is 16.0 Å². The maximum absolute atomic E-state index is 11.4. The van der Waals surface area contributed by atoms with Gasteiger partial charge in [0.25, 0.3) is 0 Å². The third-order valence-electron chi connectivity index (χ3n) is 4.17. The minimum Gasteiger partial charge on any atom is -0.466 e. The molecule has 1 saturated carbocycles. The standard InChI is InChI=1S/C14H20N2O2S/c1-2-18-13(17)6-12-9-19-14(15-12)16-7-10-4-3-5-11(10)8-16/h9-11H,2-8H2,1H3. The Hall–Kier alpha value is -1.10. The molecule has 0 bridgehead atoms. The van der Waals surface area contributed by atoms with Crippen LogP contribution in [0.2, 0.25) is 0 Å². The van der Waals surface area contributed by atoms with Crippen LogP contribution in [0, 0.1) is 11.8 Å². The van der Waals surface area contributed by atoms with Crippen molar-refractivity contribution in [1.29, 1.82) is 0 Å². The van der Waals surface area contributed by atoms with Crippen LogP contribution in [0.3, 0.4) is 0 Å². The third kappa shape index (κ3) is 2.76. The molecule has 0 spiro atoms. The Balaban J connectivity index is 1.60. The number of aromatic nitrogens is 1. The number of carbonyl (C=O) groups excluding carboxylic acids is 1. The molecule has 1 aliphatic heterocycles. The van der Waals surface area contributed by atoms with Gasteiger partial charge in [0.15, 0.2) is 5.13 Å². The SMILES string of the molecule is CCOC(=O)Cc1csc(N2CC3CCCC3C2)n1. The normalized spacial score (nSPS) is 25.6. The van der Waals surface area contributed by atoms with Crippen molar-refractivity contribution in [3.05, 3.63) is 11.1 Å². The molecule has 0 amide bonds. The van der Waals surface area contributed by atoms with Crippen molar-refractivity contribution in [3.63, 3.8) is 0 Å². The Morgan fingerprint density at radius 3 is 2.89 bits per heavy atom. The number of esters is 1. The summed E-state index contributed by atoms with van der Waals surface area (Å²) in [5.74, 6) is 1.56. The van der Waals surface area contributed by atoms with Crippen LogP contribution in [0.25, 0.3) is 0 Å². The number of rotatable bonds is 4. The predicted molar refractivity (Wildman–Crippen MR) is 75.5 cm³/mol. The second kappa shape index (κ2) is 5.49. The van der Waals surface area contributed by atoms with E-state index in [9.17, 15) is 4.79 Å². The number of fused-ring (bicyclic) bond motifs is 1. The zero-order valence-electron chi connectivity index (χ0n) is 11.3. The molecule has 2 heterocycles. The number of hydrogen-bond acceptors (Lipinski definition) is 5. The summed E-state index contributed by atoms with van der Waals surface area (Å²) in [7, 11) is 0. The summed E-state index contributed by atoms with van der Waals surface area (Å²) in [6.07, 6.45) is 4.45. The molecule has 1 aromatic rings. The number of carbonyl (C=O) groups is 1. The van der Waals surface area contributed by atoms with Crippen molar-refractivity contribution in [2.45, 2.75) is 32.6 Å². The second-order valence-electron chi connectivity index (χ2n) is 5.46. The quantitative estimate of drug-likeness (QED) is 0.795.